The highest BCUT2D eigenvalue weighted by Gasteiger charge is 2.08. The van der Waals surface area contributed by atoms with Crippen molar-refractivity contribution in [3.63, 3.8) is 0 Å². The van der Waals surface area contributed by atoms with Crippen LogP contribution in [0.25, 0.3) is 5.70 Å². The number of rotatable bonds is 3. The van der Waals surface area contributed by atoms with E-state index in [-0.39, 0.29) is 0 Å². The molecule has 2 N–H and O–H groups in total. The van der Waals surface area contributed by atoms with Gasteiger partial charge in [-0.15, -0.1) is 11.3 Å². The highest BCUT2D eigenvalue weighted by atomic mass is 79.9. The first-order chi connectivity index (χ1) is 6.19. The number of hydrogen-bond donors (Lipinski definition) is 1. The molecule has 0 aromatic carbocycles. The van der Waals surface area contributed by atoms with Crippen LogP contribution >= 0.6 is 27.3 Å². The van der Waals surface area contributed by atoms with Crippen molar-refractivity contribution in [1.29, 1.82) is 0 Å². The van der Waals surface area contributed by atoms with E-state index in [1.165, 1.54) is 25.6 Å². The molecule has 1 aromatic rings. The van der Waals surface area contributed by atoms with Gasteiger partial charge in [0.05, 0.1) is 22.9 Å². The second-order valence-electron chi connectivity index (χ2n) is 2.21. The van der Waals surface area contributed by atoms with Gasteiger partial charge in [-0.05, 0) is 28.1 Å². The van der Waals surface area contributed by atoms with Crippen molar-refractivity contribution >= 4 is 33.0 Å². The lowest BCUT2D eigenvalue weighted by atomic mass is 10.4. The summed E-state index contributed by atoms with van der Waals surface area (Å²) < 4.78 is 10.9. The fourth-order valence-corrected chi connectivity index (χ4v) is 2.19. The molecule has 0 atom stereocenters. The summed E-state index contributed by atoms with van der Waals surface area (Å²) >= 11 is 4.88. The molecule has 72 valence electrons. The Bertz CT molecular complexity index is 316. The van der Waals surface area contributed by atoms with Crippen molar-refractivity contribution in [3.8, 4) is 0 Å². The molecule has 5 heteroatoms. The fourth-order valence-electron chi connectivity index (χ4n) is 0.863. The number of ether oxygens (including phenoxy) is 2. The molecule has 0 aliphatic carbocycles. The monoisotopic (exact) mass is 263 g/mol. The predicted molar refractivity (Wildman–Crippen MR) is 57.1 cm³/mol. The first-order valence-corrected chi connectivity index (χ1v) is 5.13. The molecule has 0 aliphatic heterocycles. The minimum absolute atomic E-state index is 0.342. The van der Waals surface area contributed by atoms with Crippen LogP contribution < -0.4 is 5.73 Å². The summed E-state index contributed by atoms with van der Waals surface area (Å²) in [6, 6.07) is 3.83. The maximum absolute atomic E-state index is 5.79. The van der Waals surface area contributed by atoms with Crippen LogP contribution in [0.15, 0.2) is 21.9 Å². The van der Waals surface area contributed by atoms with Crippen molar-refractivity contribution in [2.45, 2.75) is 0 Å². The normalized spacial score (nSPS) is 9.46. The average Bonchev–Trinajstić information content (AvgIpc) is 2.54. The van der Waals surface area contributed by atoms with Crippen molar-refractivity contribution in [3.05, 3.63) is 26.7 Å². The smallest absolute Gasteiger partial charge is 0.304 e. The van der Waals surface area contributed by atoms with Crippen LogP contribution in [-0.4, -0.2) is 14.2 Å². The molecule has 0 spiro atoms. The number of methoxy groups -OCH3 is 2. The molecular formula is C8H10BrNO2S. The second-order valence-corrected chi connectivity index (χ2v) is 4.68. The van der Waals surface area contributed by atoms with Gasteiger partial charge in [-0.1, -0.05) is 0 Å². The van der Waals surface area contributed by atoms with E-state index in [1.54, 1.807) is 0 Å². The third-order valence-corrected chi connectivity index (χ3v) is 3.09. The van der Waals surface area contributed by atoms with Crippen LogP contribution in [0, 0.1) is 0 Å². The SMILES string of the molecule is COC(OC)=C(N)c1ccc(Br)s1. The topological polar surface area (TPSA) is 44.5 Å². The van der Waals surface area contributed by atoms with E-state index in [1.807, 2.05) is 12.1 Å². The Hall–Kier alpha value is -0.680. The van der Waals surface area contributed by atoms with Crippen LogP contribution in [0.2, 0.25) is 0 Å². The van der Waals surface area contributed by atoms with Gasteiger partial charge in [-0.2, -0.15) is 0 Å². The standard InChI is InChI=1S/C8H10BrNO2S/c1-11-8(12-2)7(10)5-3-4-6(9)13-5/h3-4H,10H2,1-2H3. The van der Waals surface area contributed by atoms with Gasteiger partial charge in [0.15, 0.2) is 0 Å². The second kappa shape index (κ2) is 4.53. The molecule has 3 nitrogen and oxygen atoms in total. The minimum atomic E-state index is 0.342. The van der Waals surface area contributed by atoms with Crippen LogP contribution in [-0.2, 0) is 9.47 Å². The minimum Gasteiger partial charge on any atom is -0.467 e. The van der Waals surface area contributed by atoms with Crippen molar-refractivity contribution in [2.24, 2.45) is 5.73 Å². The molecule has 0 amide bonds. The molecule has 0 radical (unpaired) electrons. The first kappa shape index (κ1) is 10.4. The van der Waals surface area contributed by atoms with E-state index in [4.69, 9.17) is 15.2 Å². The Morgan fingerprint density at radius 2 is 2.00 bits per heavy atom. The third-order valence-electron chi connectivity index (χ3n) is 1.43. The van der Waals surface area contributed by atoms with Crippen LogP contribution in [0.5, 0.6) is 0 Å². The lowest BCUT2D eigenvalue weighted by Gasteiger charge is -2.06. The zero-order valence-electron chi connectivity index (χ0n) is 7.33. The molecule has 0 saturated heterocycles. The van der Waals surface area contributed by atoms with Gasteiger partial charge >= 0.3 is 5.95 Å². The molecule has 1 heterocycles. The average molecular weight is 264 g/mol. The zero-order chi connectivity index (χ0) is 9.84. The quantitative estimate of drug-likeness (QED) is 0.852. The molecule has 1 rings (SSSR count). The van der Waals surface area contributed by atoms with E-state index in [0.29, 0.717) is 11.6 Å². The highest BCUT2D eigenvalue weighted by Crippen LogP contribution is 2.27. The van der Waals surface area contributed by atoms with Crippen LogP contribution in [0.4, 0.5) is 0 Å². The van der Waals surface area contributed by atoms with E-state index < -0.39 is 0 Å². The van der Waals surface area contributed by atoms with E-state index in [2.05, 4.69) is 15.9 Å². The number of halogens is 1. The summed E-state index contributed by atoms with van der Waals surface area (Å²) in [4.78, 5) is 0.922. The molecule has 0 saturated carbocycles. The summed E-state index contributed by atoms with van der Waals surface area (Å²) in [7, 11) is 3.04. The summed E-state index contributed by atoms with van der Waals surface area (Å²) in [5, 5.41) is 0. The van der Waals surface area contributed by atoms with Gasteiger partial charge in [0.25, 0.3) is 0 Å². The Morgan fingerprint density at radius 1 is 1.38 bits per heavy atom. The number of thiophene rings is 1. The molecule has 13 heavy (non-hydrogen) atoms. The van der Waals surface area contributed by atoms with Gasteiger partial charge in [-0.25, -0.2) is 0 Å². The number of hydrogen-bond acceptors (Lipinski definition) is 4. The molecular weight excluding hydrogens is 254 g/mol. The van der Waals surface area contributed by atoms with Gasteiger partial charge in [0.2, 0.25) is 0 Å². The largest absolute Gasteiger partial charge is 0.467 e. The molecule has 1 aromatic heterocycles. The summed E-state index contributed by atoms with van der Waals surface area (Å²) in [6.07, 6.45) is 0. The van der Waals surface area contributed by atoms with E-state index in [9.17, 15) is 0 Å². The lowest BCUT2D eigenvalue weighted by Crippen LogP contribution is -2.03. The van der Waals surface area contributed by atoms with Gasteiger partial charge in [-0.3, -0.25) is 0 Å². The number of nitrogens with two attached hydrogens (primary N) is 1. The fraction of sp³-hybridized carbons (Fsp3) is 0.250. The van der Waals surface area contributed by atoms with Crippen LogP contribution in [0.3, 0.4) is 0 Å². The highest BCUT2D eigenvalue weighted by molar-refractivity contribution is 9.11. The summed E-state index contributed by atoms with van der Waals surface area (Å²) in [6.45, 7) is 0. The van der Waals surface area contributed by atoms with E-state index in [0.717, 1.165) is 8.66 Å². The molecule has 0 aliphatic rings. The first-order valence-electron chi connectivity index (χ1n) is 3.52. The van der Waals surface area contributed by atoms with Crippen LogP contribution in [0.1, 0.15) is 4.88 Å². The molecule has 0 fully saturated rings. The van der Waals surface area contributed by atoms with Crippen molar-refractivity contribution in [2.75, 3.05) is 14.2 Å². The molecule has 0 bridgehead atoms. The van der Waals surface area contributed by atoms with Crippen molar-refractivity contribution in [1.82, 2.24) is 0 Å². The Balaban J connectivity index is 3.00. The lowest BCUT2D eigenvalue weighted by molar-refractivity contribution is 0.0976. The maximum Gasteiger partial charge on any atom is 0.304 e. The zero-order valence-corrected chi connectivity index (χ0v) is 9.74. The van der Waals surface area contributed by atoms with Gasteiger partial charge in [0, 0.05) is 0 Å². The Morgan fingerprint density at radius 3 is 2.38 bits per heavy atom. The maximum atomic E-state index is 5.79. The third kappa shape index (κ3) is 2.38. The van der Waals surface area contributed by atoms with E-state index >= 15 is 0 Å². The Kier molecular flexibility index (Phi) is 3.62. The van der Waals surface area contributed by atoms with Crippen molar-refractivity contribution < 1.29 is 9.47 Å². The molecule has 0 unspecified atom stereocenters. The predicted octanol–water partition coefficient (Wildman–Crippen LogP) is 2.39. The van der Waals surface area contributed by atoms with Gasteiger partial charge in [0.1, 0.15) is 5.70 Å². The summed E-state index contributed by atoms with van der Waals surface area (Å²) in [5.74, 6) is 0.342. The summed E-state index contributed by atoms with van der Waals surface area (Å²) in [5.41, 5.74) is 6.31. The Labute approximate surface area is 89.3 Å². The van der Waals surface area contributed by atoms with Gasteiger partial charge < -0.3 is 15.2 Å².